The Balaban J connectivity index is 2.45. The third-order valence-electron chi connectivity index (χ3n) is 2.01. The highest BCUT2D eigenvalue weighted by Gasteiger charge is 2.23. The average molecular weight is 431 g/mol. The summed E-state index contributed by atoms with van der Waals surface area (Å²) in [5.74, 6) is -0.905. The van der Waals surface area contributed by atoms with Gasteiger partial charge in [0.2, 0.25) is 0 Å². The predicted molar refractivity (Wildman–Crippen MR) is 79.1 cm³/mol. The monoisotopic (exact) mass is 429 g/mol. The summed E-state index contributed by atoms with van der Waals surface area (Å²) in [5.41, 5.74) is 5.65. The molecule has 1 aromatic heterocycles. The number of aromatic nitrogens is 1. The van der Waals surface area contributed by atoms with Gasteiger partial charge in [-0.15, -0.1) is 0 Å². The average Bonchev–Trinajstić information content (AvgIpc) is 2.68. The summed E-state index contributed by atoms with van der Waals surface area (Å²) in [6, 6.07) is 2.33. The topological polar surface area (TPSA) is 85.1 Å². The number of hydrogen-bond acceptors (Lipinski definition) is 5. The van der Waals surface area contributed by atoms with E-state index in [1.807, 2.05) is 0 Å². The van der Waals surface area contributed by atoms with E-state index in [9.17, 15) is 12.8 Å². The van der Waals surface area contributed by atoms with Crippen molar-refractivity contribution < 1.29 is 12.8 Å². The highest BCUT2D eigenvalue weighted by Crippen LogP contribution is 2.29. The molecule has 2 rings (SSSR count). The molecule has 0 aliphatic heterocycles. The standard InChI is InChI=1S/C9H6Br2FN3O2S2/c10-5-1-4(13)2-6(8(5)12)19(16,17)15-9-14-3-7(11)18-9/h1-3H,13H2,(H,14,15). The summed E-state index contributed by atoms with van der Waals surface area (Å²) < 4.78 is 40.8. The van der Waals surface area contributed by atoms with Crippen molar-refractivity contribution in [3.05, 3.63) is 32.4 Å². The van der Waals surface area contributed by atoms with Gasteiger partial charge in [0.1, 0.15) is 4.90 Å². The second kappa shape index (κ2) is 5.35. The predicted octanol–water partition coefficient (Wildman–Crippen LogP) is 3.19. The van der Waals surface area contributed by atoms with Crippen molar-refractivity contribution in [2.24, 2.45) is 0 Å². The first-order valence-corrected chi connectivity index (χ1v) is 8.57. The number of hydrogen-bond donors (Lipinski definition) is 2. The van der Waals surface area contributed by atoms with Crippen molar-refractivity contribution in [2.75, 3.05) is 10.5 Å². The lowest BCUT2D eigenvalue weighted by Crippen LogP contribution is -2.15. The van der Waals surface area contributed by atoms with E-state index in [1.165, 1.54) is 12.3 Å². The van der Waals surface area contributed by atoms with Crippen molar-refractivity contribution in [1.29, 1.82) is 0 Å². The summed E-state index contributed by atoms with van der Waals surface area (Å²) in [5, 5.41) is 0.129. The molecule has 0 atom stereocenters. The Bertz CT molecular complexity index is 733. The van der Waals surface area contributed by atoms with Crippen molar-refractivity contribution in [3.63, 3.8) is 0 Å². The third kappa shape index (κ3) is 3.25. The highest BCUT2D eigenvalue weighted by molar-refractivity contribution is 9.11. The first-order chi connectivity index (χ1) is 8.79. The molecular formula is C9H6Br2FN3O2S2. The van der Waals surface area contributed by atoms with Gasteiger partial charge in [-0.25, -0.2) is 17.8 Å². The molecular weight excluding hydrogens is 425 g/mol. The normalized spacial score (nSPS) is 11.5. The lowest BCUT2D eigenvalue weighted by atomic mass is 10.3. The SMILES string of the molecule is Nc1cc(Br)c(F)c(S(=O)(=O)Nc2ncc(Br)s2)c1. The first-order valence-electron chi connectivity index (χ1n) is 4.68. The molecule has 19 heavy (non-hydrogen) atoms. The molecule has 0 spiro atoms. The molecule has 0 radical (unpaired) electrons. The Labute approximate surface area is 129 Å². The Hall–Kier alpha value is -0.710. The maximum absolute atomic E-state index is 13.8. The smallest absolute Gasteiger partial charge is 0.266 e. The van der Waals surface area contributed by atoms with E-state index in [2.05, 4.69) is 41.6 Å². The van der Waals surface area contributed by atoms with Crippen LogP contribution in [-0.2, 0) is 10.0 Å². The van der Waals surface area contributed by atoms with E-state index in [1.54, 1.807) is 0 Å². The molecule has 10 heteroatoms. The molecule has 0 saturated carbocycles. The van der Waals surface area contributed by atoms with Crippen molar-refractivity contribution in [2.45, 2.75) is 4.90 Å². The van der Waals surface area contributed by atoms with Crippen LogP contribution in [0.5, 0.6) is 0 Å². The second-order valence-corrected chi connectivity index (χ2v) is 8.30. The molecule has 0 fully saturated rings. The third-order valence-corrected chi connectivity index (χ3v) is 5.44. The maximum atomic E-state index is 13.8. The number of sulfonamides is 1. The maximum Gasteiger partial charge on any atom is 0.266 e. The zero-order chi connectivity index (χ0) is 14.2. The molecule has 0 saturated heterocycles. The zero-order valence-electron chi connectivity index (χ0n) is 9.02. The van der Waals surface area contributed by atoms with Crippen LogP contribution in [-0.4, -0.2) is 13.4 Å². The Morgan fingerprint density at radius 2 is 2.05 bits per heavy atom. The fraction of sp³-hybridized carbons (Fsp3) is 0. The molecule has 2 aromatic rings. The summed E-state index contributed by atoms with van der Waals surface area (Å²) >= 11 is 7.14. The first kappa shape index (κ1) is 14.7. The molecule has 0 aliphatic carbocycles. The van der Waals surface area contributed by atoms with Gasteiger partial charge in [0, 0.05) is 5.69 Å². The minimum absolute atomic E-state index is 0.0202. The van der Waals surface area contributed by atoms with E-state index in [0.29, 0.717) is 3.79 Å². The van der Waals surface area contributed by atoms with E-state index in [-0.39, 0.29) is 15.3 Å². The lowest BCUT2D eigenvalue weighted by molar-refractivity contribution is 0.567. The van der Waals surface area contributed by atoms with Gasteiger partial charge in [-0.3, -0.25) is 4.72 Å². The van der Waals surface area contributed by atoms with E-state index >= 15 is 0 Å². The summed E-state index contributed by atoms with van der Waals surface area (Å²) in [7, 11) is -4.08. The second-order valence-electron chi connectivity index (χ2n) is 3.39. The number of nitrogen functional groups attached to an aromatic ring is 1. The molecule has 1 aromatic carbocycles. The van der Waals surface area contributed by atoms with Gasteiger partial charge in [0.25, 0.3) is 10.0 Å². The summed E-state index contributed by atoms with van der Waals surface area (Å²) in [6.07, 6.45) is 1.44. The highest BCUT2D eigenvalue weighted by atomic mass is 79.9. The Morgan fingerprint density at radius 1 is 1.37 bits per heavy atom. The van der Waals surface area contributed by atoms with Gasteiger partial charge in [0.05, 0.1) is 14.5 Å². The number of nitrogens with two attached hydrogens (primary N) is 1. The van der Waals surface area contributed by atoms with Crippen LogP contribution < -0.4 is 10.5 Å². The van der Waals surface area contributed by atoms with Gasteiger partial charge in [-0.2, -0.15) is 0 Å². The fourth-order valence-corrected chi connectivity index (χ4v) is 4.34. The quantitative estimate of drug-likeness (QED) is 0.732. The van der Waals surface area contributed by atoms with Crippen LogP contribution >= 0.6 is 43.2 Å². The van der Waals surface area contributed by atoms with Gasteiger partial charge >= 0.3 is 0 Å². The van der Waals surface area contributed by atoms with Crippen LogP contribution in [0.3, 0.4) is 0 Å². The van der Waals surface area contributed by atoms with Crippen molar-refractivity contribution in [3.8, 4) is 0 Å². The molecule has 0 bridgehead atoms. The molecule has 5 nitrogen and oxygen atoms in total. The molecule has 102 valence electrons. The summed E-state index contributed by atoms with van der Waals surface area (Å²) in [4.78, 5) is 3.28. The van der Waals surface area contributed by atoms with E-state index in [0.717, 1.165) is 17.4 Å². The minimum atomic E-state index is -4.08. The van der Waals surface area contributed by atoms with Crippen LogP contribution in [0.15, 0.2) is 31.5 Å². The number of halogens is 3. The minimum Gasteiger partial charge on any atom is -0.399 e. The Morgan fingerprint density at radius 3 is 2.63 bits per heavy atom. The van der Waals surface area contributed by atoms with Crippen LogP contribution in [0.1, 0.15) is 0 Å². The van der Waals surface area contributed by atoms with Gasteiger partial charge in [-0.05, 0) is 44.0 Å². The lowest BCUT2D eigenvalue weighted by Gasteiger charge is -2.08. The zero-order valence-corrected chi connectivity index (χ0v) is 13.8. The van der Waals surface area contributed by atoms with Crippen LogP contribution in [0, 0.1) is 5.82 Å². The summed E-state index contributed by atoms with van der Waals surface area (Å²) in [6.45, 7) is 0. The van der Waals surface area contributed by atoms with Gasteiger partial charge in [0.15, 0.2) is 10.9 Å². The number of rotatable bonds is 3. The Kier molecular flexibility index (Phi) is 4.14. The van der Waals surface area contributed by atoms with Crippen LogP contribution in [0.2, 0.25) is 0 Å². The largest absolute Gasteiger partial charge is 0.399 e. The van der Waals surface area contributed by atoms with E-state index in [4.69, 9.17) is 5.73 Å². The number of anilines is 2. The molecule has 0 amide bonds. The van der Waals surface area contributed by atoms with Gasteiger partial charge < -0.3 is 5.73 Å². The number of nitrogens with one attached hydrogen (secondary N) is 1. The van der Waals surface area contributed by atoms with Gasteiger partial charge in [-0.1, -0.05) is 11.3 Å². The number of benzene rings is 1. The van der Waals surface area contributed by atoms with Crippen molar-refractivity contribution in [1.82, 2.24) is 4.98 Å². The molecule has 3 N–H and O–H groups in total. The fourth-order valence-electron chi connectivity index (χ4n) is 1.25. The number of thiazole rings is 1. The van der Waals surface area contributed by atoms with Crippen molar-refractivity contribution >= 4 is 64.0 Å². The van der Waals surface area contributed by atoms with Crippen LogP contribution in [0.4, 0.5) is 15.2 Å². The molecule has 1 heterocycles. The van der Waals surface area contributed by atoms with E-state index < -0.39 is 20.7 Å². The molecule has 0 aliphatic rings. The van der Waals surface area contributed by atoms with Crippen LogP contribution in [0.25, 0.3) is 0 Å². The number of nitrogens with zero attached hydrogens (tertiary/aromatic N) is 1. The molecule has 0 unspecified atom stereocenters.